The second-order valence-electron chi connectivity index (χ2n) is 5.36. The average Bonchev–Trinajstić information content (AvgIpc) is 2.46. The number of alkyl halides is 3. The van der Waals surface area contributed by atoms with Gasteiger partial charge in [0.1, 0.15) is 11.6 Å². The largest absolute Gasteiger partial charge is 0.451 e. The van der Waals surface area contributed by atoms with Gasteiger partial charge in [0.25, 0.3) is 0 Å². The summed E-state index contributed by atoms with van der Waals surface area (Å²) in [6.45, 7) is 3.10. The minimum Gasteiger partial charge on any atom is -0.377 e. The summed E-state index contributed by atoms with van der Waals surface area (Å²) in [5.41, 5.74) is -0.374. The average molecular weight is 304 g/mol. The van der Waals surface area contributed by atoms with Gasteiger partial charge in [-0.3, -0.25) is 0 Å². The highest BCUT2D eigenvalue weighted by atomic mass is 19.4. The highest BCUT2D eigenvalue weighted by molar-refractivity contribution is 5.50. The number of hydrogen-bond donors (Lipinski definition) is 1. The van der Waals surface area contributed by atoms with Gasteiger partial charge in [-0.2, -0.15) is 13.2 Å². The van der Waals surface area contributed by atoms with Crippen molar-refractivity contribution >= 4 is 11.6 Å². The minimum atomic E-state index is -4.57. The zero-order valence-electron chi connectivity index (χ0n) is 12.3. The summed E-state index contributed by atoms with van der Waals surface area (Å²) in [5.74, 6) is -0.712. The Kier molecular flexibility index (Phi) is 4.27. The van der Waals surface area contributed by atoms with E-state index >= 15 is 0 Å². The Bertz CT molecular complexity index is 509. The highest BCUT2D eigenvalue weighted by Crippen LogP contribution is 2.32. The molecule has 1 atom stereocenters. The van der Waals surface area contributed by atoms with Crippen LogP contribution >= 0.6 is 0 Å². The normalized spacial score (nSPS) is 23.2. The third-order valence-corrected chi connectivity index (χ3v) is 3.70. The number of aromatic nitrogens is 2. The number of nitrogens with zero attached hydrogens (tertiary/aromatic N) is 3. The molecule has 0 saturated carbocycles. The summed E-state index contributed by atoms with van der Waals surface area (Å²) in [6.07, 6.45) is -2.86. The molecule has 1 N–H and O–H groups in total. The van der Waals surface area contributed by atoms with Gasteiger partial charge in [0.2, 0.25) is 5.82 Å². The number of hydrogen-bond acceptors (Lipinski definition) is 5. The van der Waals surface area contributed by atoms with Crippen molar-refractivity contribution in [2.24, 2.45) is 0 Å². The van der Waals surface area contributed by atoms with Crippen LogP contribution in [-0.2, 0) is 10.9 Å². The third-order valence-electron chi connectivity index (χ3n) is 3.70. The monoisotopic (exact) mass is 304 g/mol. The summed E-state index contributed by atoms with van der Waals surface area (Å²) in [6, 6.07) is 1.52. The van der Waals surface area contributed by atoms with Crippen molar-refractivity contribution in [3.05, 3.63) is 11.9 Å². The quantitative estimate of drug-likeness (QED) is 0.930. The molecule has 1 aliphatic rings. The van der Waals surface area contributed by atoms with Crippen molar-refractivity contribution < 1.29 is 17.9 Å². The summed E-state index contributed by atoms with van der Waals surface area (Å²) in [7, 11) is 3.14. The van der Waals surface area contributed by atoms with E-state index in [4.69, 9.17) is 4.74 Å². The lowest BCUT2D eigenvalue weighted by atomic mass is 9.95. The highest BCUT2D eigenvalue weighted by Gasteiger charge is 2.37. The first kappa shape index (κ1) is 15.8. The van der Waals surface area contributed by atoms with Crippen LogP contribution in [0.3, 0.4) is 0 Å². The molecule has 21 heavy (non-hydrogen) atoms. The molecule has 0 radical (unpaired) electrons. The molecule has 1 fully saturated rings. The van der Waals surface area contributed by atoms with Gasteiger partial charge in [0.05, 0.1) is 5.60 Å². The SMILES string of the molecule is CNc1cc(N2CCCC(C)(OC)C2)nc(C(F)(F)F)n1. The fraction of sp³-hybridized carbons (Fsp3) is 0.692. The van der Waals surface area contributed by atoms with Gasteiger partial charge in [-0.1, -0.05) is 0 Å². The standard InChI is InChI=1S/C13H19F3N4O/c1-12(21-3)5-4-6-20(8-12)10-7-9(17-2)18-11(19-10)13(14,15)16/h7H,4-6,8H2,1-3H3,(H,17,18,19). The molecule has 0 amide bonds. The van der Waals surface area contributed by atoms with Crippen molar-refractivity contribution in [1.29, 1.82) is 0 Å². The van der Waals surface area contributed by atoms with Crippen molar-refractivity contribution in [3.8, 4) is 0 Å². The Morgan fingerprint density at radius 3 is 2.67 bits per heavy atom. The van der Waals surface area contributed by atoms with Gasteiger partial charge in [0, 0.05) is 33.3 Å². The third kappa shape index (κ3) is 3.55. The van der Waals surface area contributed by atoms with E-state index in [2.05, 4.69) is 15.3 Å². The van der Waals surface area contributed by atoms with E-state index < -0.39 is 12.0 Å². The number of methoxy groups -OCH3 is 1. The predicted molar refractivity (Wildman–Crippen MR) is 73.4 cm³/mol. The van der Waals surface area contributed by atoms with Crippen LogP contribution in [-0.4, -0.2) is 42.8 Å². The van der Waals surface area contributed by atoms with E-state index in [1.54, 1.807) is 7.11 Å². The maximum absolute atomic E-state index is 12.9. The molecule has 0 aromatic carbocycles. The zero-order valence-corrected chi connectivity index (χ0v) is 12.3. The molecule has 5 nitrogen and oxygen atoms in total. The lowest BCUT2D eigenvalue weighted by Gasteiger charge is -2.40. The van der Waals surface area contributed by atoms with Crippen LogP contribution in [0, 0.1) is 0 Å². The van der Waals surface area contributed by atoms with Crippen molar-refractivity contribution in [3.63, 3.8) is 0 Å². The lowest BCUT2D eigenvalue weighted by molar-refractivity contribution is -0.144. The minimum absolute atomic E-state index is 0.150. The maximum atomic E-state index is 12.9. The fourth-order valence-corrected chi connectivity index (χ4v) is 2.42. The molecule has 1 aromatic heterocycles. The lowest BCUT2D eigenvalue weighted by Crippen LogP contribution is -2.47. The van der Waals surface area contributed by atoms with Gasteiger partial charge in [-0.15, -0.1) is 0 Å². The van der Waals surface area contributed by atoms with Crippen molar-refractivity contribution in [2.75, 3.05) is 37.5 Å². The van der Waals surface area contributed by atoms with Gasteiger partial charge >= 0.3 is 6.18 Å². The number of ether oxygens (including phenoxy) is 1. The first-order valence-electron chi connectivity index (χ1n) is 6.71. The molecule has 0 aliphatic carbocycles. The van der Waals surface area contributed by atoms with Crippen LogP contribution in [0.25, 0.3) is 0 Å². The Morgan fingerprint density at radius 1 is 1.38 bits per heavy atom. The summed E-state index contributed by atoms with van der Waals surface area (Å²) in [4.78, 5) is 8.95. The number of halogens is 3. The van der Waals surface area contributed by atoms with E-state index in [0.717, 1.165) is 12.8 Å². The second kappa shape index (κ2) is 5.67. The Hall–Kier alpha value is -1.57. The van der Waals surface area contributed by atoms with Crippen LogP contribution in [0.1, 0.15) is 25.6 Å². The van der Waals surface area contributed by atoms with E-state index in [1.165, 1.54) is 13.1 Å². The first-order chi connectivity index (χ1) is 9.77. The number of rotatable bonds is 3. The van der Waals surface area contributed by atoms with Crippen LogP contribution in [0.15, 0.2) is 6.07 Å². The summed E-state index contributed by atoms with van der Waals surface area (Å²) >= 11 is 0. The summed E-state index contributed by atoms with van der Waals surface area (Å²) < 4.78 is 44.1. The molecule has 1 saturated heterocycles. The second-order valence-corrected chi connectivity index (χ2v) is 5.36. The molecule has 2 heterocycles. The molecule has 118 valence electrons. The predicted octanol–water partition coefficient (Wildman–Crippen LogP) is 2.54. The van der Waals surface area contributed by atoms with E-state index in [9.17, 15) is 13.2 Å². The van der Waals surface area contributed by atoms with Crippen molar-refractivity contribution in [2.45, 2.75) is 31.5 Å². The van der Waals surface area contributed by atoms with Crippen LogP contribution in [0.2, 0.25) is 0 Å². The smallest absolute Gasteiger partial charge is 0.377 e. The molecule has 1 aliphatic heterocycles. The van der Waals surface area contributed by atoms with E-state index in [0.29, 0.717) is 13.1 Å². The Balaban J connectivity index is 2.34. The molecule has 0 bridgehead atoms. The number of piperidine rings is 1. The van der Waals surface area contributed by atoms with Crippen LogP contribution in [0.5, 0.6) is 0 Å². The number of anilines is 2. The molecule has 1 unspecified atom stereocenters. The molecule has 2 rings (SSSR count). The molecular formula is C13H19F3N4O. The van der Waals surface area contributed by atoms with E-state index in [1.807, 2.05) is 11.8 Å². The fourth-order valence-electron chi connectivity index (χ4n) is 2.42. The topological polar surface area (TPSA) is 50.3 Å². The molecule has 1 aromatic rings. The Morgan fingerprint density at radius 2 is 2.10 bits per heavy atom. The van der Waals surface area contributed by atoms with Gasteiger partial charge in [-0.05, 0) is 19.8 Å². The van der Waals surface area contributed by atoms with Gasteiger partial charge in [-0.25, -0.2) is 9.97 Å². The van der Waals surface area contributed by atoms with Crippen molar-refractivity contribution in [1.82, 2.24) is 9.97 Å². The number of nitrogens with one attached hydrogen (secondary N) is 1. The van der Waals surface area contributed by atoms with E-state index in [-0.39, 0.29) is 17.2 Å². The van der Waals surface area contributed by atoms with Crippen LogP contribution < -0.4 is 10.2 Å². The molecular weight excluding hydrogens is 285 g/mol. The zero-order chi connectivity index (χ0) is 15.7. The first-order valence-corrected chi connectivity index (χ1v) is 6.71. The van der Waals surface area contributed by atoms with Gasteiger partial charge in [0.15, 0.2) is 0 Å². The van der Waals surface area contributed by atoms with Gasteiger partial charge < -0.3 is 15.0 Å². The Labute approximate surface area is 121 Å². The maximum Gasteiger partial charge on any atom is 0.451 e. The molecule has 8 heteroatoms. The summed E-state index contributed by atoms with van der Waals surface area (Å²) in [5, 5.41) is 2.64. The van der Waals surface area contributed by atoms with Crippen LogP contribution in [0.4, 0.5) is 24.8 Å². The molecule has 0 spiro atoms.